The summed E-state index contributed by atoms with van der Waals surface area (Å²) in [5, 5.41) is 2.80. The van der Waals surface area contributed by atoms with Crippen molar-refractivity contribution in [2.45, 2.75) is 12.8 Å². The van der Waals surface area contributed by atoms with Crippen LogP contribution in [0.15, 0.2) is 24.3 Å². The summed E-state index contributed by atoms with van der Waals surface area (Å²) in [6.07, 6.45) is 5.05. The van der Waals surface area contributed by atoms with Gasteiger partial charge in [0, 0.05) is 12.6 Å². The predicted octanol–water partition coefficient (Wildman–Crippen LogP) is 1.57. The lowest BCUT2D eigenvalue weighted by Crippen LogP contribution is -2.22. The lowest BCUT2D eigenvalue weighted by molar-refractivity contribution is -0.116. The molecule has 3 N–H and O–H groups in total. The normalized spacial score (nSPS) is 10.6. The third kappa shape index (κ3) is 5.32. The molecule has 0 saturated carbocycles. The second kappa shape index (κ2) is 8.98. The Kier molecular flexibility index (Phi) is 7.21. The number of nitrogens with one attached hydrogen (secondary N) is 1. The minimum Gasteiger partial charge on any atom is -0.493 e. The molecule has 5 nitrogen and oxygen atoms in total. The Morgan fingerprint density at radius 3 is 2.65 bits per heavy atom. The fourth-order valence-corrected chi connectivity index (χ4v) is 1.67. The summed E-state index contributed by atoms with van der Waals surface area (Å²) in [7, 11) is 3.16. The molecule has 0 aromatic heterocycles. The number of carbonyl (C=O) groups excluding carboxylic acids is 1. The molecule has 0 fully saturated rings. The van der Waals surface area contributed by atoms with E-state index in [1.807, 2.05) is 12.1 Å². The van der Waals surface area contributed by atoms with Crippen molar-refractivity contribution >= 4 is 12.0 Å². The van der Waals surface area contributed by atoms with E-state index in [0.717, 1.165) is 18.4 Å². The molecule has 0 spiro atoms. The van der Waals surface area contributed by atoms with Gasteiger partial charge < -0.3 is 20.5 Å². The number of amides is 1. The first-order valence-electron chi connectivity index (χ1n) is 6.59. The summed E-state index contributed by atoms with van der Waals surface area (Å²) in [6, 6.07) is 5.48. The number of methoxy groups -OCH3 is 2. The highest BCUT2D eigenvalue weighted by Crippen LogP contribution is 2.27. The minimum absolute atomic E-state index is 0.114. The van der Waals surface area contributed by atoms with Crippen molar-refractivity contribution in [2.75, 3.05) is 27.3 Å². The molecule has 0 saturated heterocycles. The quantitative estimate of drug-likeness (QED) is 0.559. The largest absolute Gasteiger partial charge is 0.493 e. The van der Waals surface area contributed by atoms with E-state index in [1.54, 1.807) is 26.4 Å². The lowest BCUT2D eigenvalue weighted by Gasteiger charge is -2.07. The van der Waals surface area contributed by atoms with Crippen LogP contribution in [0.1, 0.15) is 18.4 Å². The fraction of sp³-hybridized carbons (Fsp3) is 0.400. The summed E-state index contributed by atoms with van der Waals surface area (Å²) in [5.41, 5.74) is 6.26. The molecule has 0 unspecified atom stereocenters. The summed E-state index contributed by atoms with van der Waals surface area (Å²) in [6.45, 7) is 1.30. The molecule has 1 rings (SSSR count). The number of nitrogens with two attached hydrogens (primary N) is 1. The molecule has 0 heterocycles. The van der Waals surface area contributed by atoms with Crippen LogP contribution < -0.4 is 20.5 Å². The molecular formula is C15H22N2O3. The summed E-state index contributed by atoms with van der Waals surface area (Å²) in [5.74, 6) is 1.19. The van der Waals surface area contributed by atoms with Gasteiger partial charge in [0.1, 0.15) is 0 Å². The number of hydrogen-bond acceptors (Lipinski definition) is 4. The predicted molar refractivity (Wildman–Crippen MR) is 79.9 cm³/mol. The smallest absolute Gasteiger partial charge is 0.243 e. The van der Waals surface area contributed by atoms with Gasteiger partial charge in [0.05, 0.1) is 14.2 Å². The maximum Gasteiger partial charge on any atom is 0.243 e. The molecule has 0 aliphatic carbocycles. The van der Waals surface area contributed by atoms with E-state index < -0.39 is 0 Å². The molecule has 1 aromatic rings. The number of benzene rings is 1. The summed E-state index contributed by atoms with van der Waals surface area (Å²) in [4.78, 5) is 11.6. The Morgan fingerprint density at radius 2 is 2.00 bits per heavy atom. The van der Waals surface area contributed by atoms with Crippen molar-refractivity contribution in [3.05, 3.63) is 29.8 Å². The molecule has 20 heavy (non-hydrogen) atoms. The molecular weight excluding hydrogens is 256 g/mol. The number of unbranched alkanes of at least 4 members (excludes halogenated alkanes) is 1. The van der Waals surface area contributed by atoms with Crippen LogP contribution in [-0.2, 0) is 4.79 Å². The number of carbonyl (C=O) groups is 1. The monoisotopic (exact) mass is 278 g/mol. The second-order valence-electron chi connectivity index (χ2n) is 4.23. The van der Waals surface area contributed by atoms with Gasteiger partial charge in [0.2, 0.25) is 5.91 Å². The van der Waals surface area contributed by atoms with Gasteiger partial charge in [-0.25, -0.2) is 0 Å². The number of rotatable bonds is 8. The van der Waals surface area contributed by atoms with Gasteiger partial charge in [-0.05, 0) is 43.2 Å². The zero-order valence-electron chi connectivity index (χ0n) is 12.0. The average Bonchev–Trinajstić information content (AvgIpc) is 2.49. The molecule has 0 atom stereocenters. The zero-order valence-corrected chi connectivity index (χ0v) is 12.0. The Labute approximate surface area is 119 Å². The highest BCUT2D eigenvalue weighted by molar-refractivity contribution is 5.91. The maximum absolute atomic E-state index is 11.6. The van der Waals surface area contributed by atoms with Crippen LogP contribution in [0.5, 0.6) is 11.5 Å². The van der Waals surface area contributed by atoms with Crippen LogP contribution in [0.25, 0.3) is 6.08 Å². The summed E-state index contributed by atoms with van der Waals surface area (Å²) >= 11 is 0. The van der Waals surface area contributed by atoms with Gasteiger partial charge in [0.25, 0.3) is 0 Å². The van der Waals surface area contributed by atoms with Gasteiger partial charge >= 0.3 is 0 Å². The van der Waals surface area contributed by atoms with Crippen molar-refractivity contribution in [1.82, 2.24) is 5.32 Å². The first-order chi connectivity index (χ1) is 9.71. The Bertz CT molecular complexity index is 458. The van der Waals surface area contributed by atoms with E-state index in [0.29, 0.717) is 24.6 Å². The van der Waals surface area contributed by atoms with Crippen molar-refractivity contribution in [3.63, 3.8) is 0 Å². The fourth-order valence-electron chi connectivity index (χ4n) is 1.67. The van der Waals surface area contributed by atoms with Gasteiger partial charge in [-0.3, -0.25) is 4.79 Å². The van der Waals surface area contributed by atoms with E-state index in [1.165, 1.54) is 6.08 Å². The van der Waals surface area contributed by atoms with Crippen molar-refractivity contribution in [3.8, 4) is 11.5 Å². The van der Waals surface area contributed by atoms with Gasteiger partial charge in [0.15, 0.2) is 11.5 Å². The topological polar surface area (TPSA) is 73.6 Å². The van der Waals surface area contributed by atoms with E-state index in [9.17, 15) is 4.79 Å². The first kappa shape index (κ1) is 16.0. The van der Waals surface area contributed by atoms with E-state index in [4.69, 9.17) is 15.2 Å². The Hall–Kier alpha value is -2.01. The highest BCUT2D eigenvalue weighted by atomic mass is 16.5. The molecule has 0 aliphatic heterocycles. The molecule has 0 radical (unpaired) electrons. The average molecular weight is 278 g/mol. The number of hydrogen-bond donors (Lipinski definition) is 2. The molecule has 0 aliphatic rings. The van der Waals surface area contributed by atoms with Gasteiger partial charge in [-0.2, -0.15) is 0 Å². The van der Waals surface area contributed by atoms with Crippen LogP contribution >= 0.6 is 0 Å². The summed E-state index contributed by atoms with van der Waals surface area (Å²) < 4.78 is 10.4. The second-order valence-corrected chi connectivity index (χ2v) is 4.23. The van der Waals surface area contributed by atoms with Crippen LogP contribution in [0.4, 0.5) is 0 Å². The van der Waals surface area contributed by atoms with Crippen molar-refractivity contribution in [2.24, 2.45) is 5.73 Å². The van der Waals surface area contributed by atoms with Crippen molar-refractivity contribution < 1.29 is 14.3 Å². The van der Waals surface area contributed by atoms with E-state index in [-0.39, 0.29) is 5.91 Å². The maximum atomic E-state index is 11.6. The molecule has 5 heteroatoms. The molecule has 110 valence electrons. The SMILES string of the molecule is COc1ccc(/C=C\C(=O)NCCCCN)cc1OC. The molecule has 1 aromatic carbocycles. The third-order valence-electron chi connectivity index (χ3n) is 2.76. The van der Waals surface area contributed by atoms with Crippen LogP contribution in [0, 0.1) is 0 Å². The standard InChI is InChI=1S/C15H22N2O3/c1-19-13-7-5-12(11-14(13)20-2)6-8-15(18)17-10-4-3-9-16/h5-8,11H,3-4,9-10,16H2,1-2H3,(H,17,18)/b8-6-. The zero-order chi connectivity index (χ0) is 14.8. The van der Waals surface area contributed by atoms with Crippen LogP contribution in [0.2, 0.25) is 0 Å². The molecule has 1 amide bonds. The Morgan fingerprint density at radius 1 is 1.25 bits per heavy atom. The Balaban J connectivity index is 2.54. The highest BCUT2D eigenvalue weighted by Gasteiger charge is 2.03. The van der Waals surface area contributed by atoms with Crippen LogP contribution in [0.3, 0.4) is 0 Å². The van der Waals surface area contributed by atoms with Gasteiger partial charge in [-0.15, -0.1) is 0 Å². The van der Waals surface area contributed by atoms with E-state index in [2.05, 4.69) is 5.32 Å². The van der Waals surface area contributed by atoms with Crippen LogP contribution in [-0.4, -0.2) is 33.2 Å². The molecule has 0 bridgehead atoms. The first-order valence-corrected chi connectivity index (χ1v) is 6.59. The third-order valence-corrected chi connectivity index (χ3v) is 2.76. The minimum atomic E-state index is -0.114. The van der Waals surface area contributed by atoms with Crippen molar-refractivity contribution in [1.29, 1.82) is 0 Å². The van der Waals surface area contributed by atoms with E-state index >= 15 is 0 Å². The van der Waals surface area contributed by atoms with Gasteiger partial charge in [-0.1, -0.05) is 6.07 Å². The lowest BCUT2D eigenvalue weighted by atomic mass is 10.2. The number of ether oxygens (including phenoxy) is 2.